The first-order valence-corrected chi connectivity index (χ1v) is 5.93. The van der Waals surface area contributed by atoms with Crippen LogP contribution in [0.4, 0.5) is 0 Å². The van der Waals surface area contributed by atoms with Crippen LogP contribution in [0.25, 0.3) is 0 Å². The van der Waals surface area contributed by atoms with Gasteiger partial charge in [-0.1, -0.05) is 24.3 Å². The minimum atomic E-state index is 0.830. The minimum absolute atomic E-state index is 0.830. The average molecular weight is 212 g/mol. The van der Waals surface area contributed by atoms with Crippen molar-refractivity contribution in [3.63, 3.8) is 0 Å². The Morgan fingerprint density at radius 1 is 0.846 bits per heavy atom. The van der Waals surface area contributed by atoms with Gasteiger partial charge in [-0.2, -0.15) is 25.3 Å². The molecular weight excluding hydrogens is 196 g/mol. The lowest BCUT2D eigenvalue weighted by atomic mass is 10.1. The third-order valence-electron chi connectivity index (χ3n) is 2.08. The van der Waals surface area contributed by atoms with E-state index in [9.17, 15) is 0 Å². The Balaban J connectivity index is 2.40. The smallest absolute Gasteiger partial charge is 0.0154 e. The van der Waals surface area contributed by atoms with Crippen molar-refractivity contribution in [1.29, 1.82) is 0 Å². The lowest BCUT2D eigenvalue weighted by Gasteiger charge is -2.01. The van der Waals surface area contributed by atoms with Crippen molar-refractivity contribution < 1.29 is 0 Å². The third kappa shape index (κ3) is 4.10. The first kappa shape index (κ1) is 11.0. The predicted molar refractivity (Wildman–Crippen MR) is 65.9 cm³/mol. The summed E-state index contributed by atoms with van der Waals surface area (Å²) in [6.45, 7) is 0. The van der Waals surface area contributed by atoms with Crippen LogP contribution >= 0.6 is 25.3 Å². The van der Waals surface area contributed by atoms with Crippen molar-refractivity contribution in [2.24, 2.45) is 0 Å². The summed E-state index contributed by atoms with van der Waals surface area (Å²) in [6, 6.07) is 8.71. The van der Waals surface area contributed by atoms with Crippen LogP contribution < -0.4 is 0 Å². The number of benzene rings is 1. The van der Waals surface area contributed by atoms with E-state index in [0.29, 0.717) is 0 Å². The van der Waals surface area contributed by atoms with E-state index in [2.05, 4.69) is 49.5 Å². The van der Waals surface area contributed by atoms with Gasteiger partial charge >= 0.3 is 0 Å². The van der Waals surface area contributed by atoms with Crippen LogP contribution in [0.1, 0.15) is 24.0 Å². The molecule has 0 atom stereocenters. The maximum Gasteiger partial charge on any atom is 0.0154 e. The highest BCUT2D eigenvalue weighted by Gasteiger charge is 1.93. The molecule has 0 fully saturated rings. The Hall–Kier alpha value is -0.0800. The monoisotopic (exact) mass is 212 g/mol. The summed E-state index contributed by atoms with van der Waals surface area (Å²) < 4.78 is 0. The van der Waals surface area contributed by atoms with Crippen molar-refractivity contribution in [1.82, 2.24) is 0 Å². The topological polar surface area (TPSA) is 0 Å². The fraction of sp³-hybridized carbons (Fsp3) is 0.455. The lowest BCUT2D eigenvalue weighted by molar-refractivity contribution is 0.804. The summed E-state index contributed by atoms with van der Waals surface area (Å²) in [7, 11) is 0. The molecule has 1 aromatic carbocycles. The second kappa shape index (κ2) is 6.39. The number of hydrogen-bond donors (Lipinski definition) is 2. The molecule has 0 amide bonds. The van der Waals surface area contributed by atoms with E-state index >= 15 is 0 Å². The molecule has 0 heterocycles. The van der Waals surface area contributed by atoms with Gasteiger partial charge in [-0.25, -0.2) is 0 Å². The highest BCUT2D eigenvalue weighted by Crippen LogP contribution is 2.09. The van der Waals surface area contributed by atoms with Crippen molar-refractivity contribution in [3.8, 4) is 0 Å². The van der Waals surface area contributed by atoms with Gasteiger partial charge in [0.25, 0.3) is 0 Å². The van der Waals surface area contributed by atoms with Crippen molar-refractivity contribution in [3.05, 3.63) is 35.4 Å². The van der Waals surface area contributed by atoms with Crippen LogP contribution in [0.3, 0.4) is 0 Å². The van der Waals surface area contributed by atoms with Crippen LogP contribution in [0.2, 0.25) is 0 Å². The zero-order chi connectivity index (χ0) is 9.52. The largest absolute Gasteiger partial charge is 0.179 e. The van der Waals surface area contributed by atoms with Gasteiger partial charge in [0.05, 0.1) is 0 Å². The first-order valence-electron chi connectivity index (χ1n) is 4.66. The maximum absolute atomic E-state index is 4.22. The summed E-state index contributed by atoms with van der Waals surface area (Å²) in [4.78, 5) is 0. The zero-order valence-electron chi connectivity index (χ0n) is 7.74. The third-order valence-corrected chi connectivity index (χ3v) is 2.76. The Morgan fingerprint density at radius 2 is 1.46 bits per heavy atom. The molecule has 1 rings (SSSR count). The van der Waals surface area contributed by atoms with Crippen LogP contribution in [-0.4, -0.2) is 5.75 Å². The fourth-order valence-corrected chi connectivity index (χ4v) is 1.69. The fourth-order valence-electron chi connectivity index (χ4n) is 1.25. The van der Waals surface area contributed by atoms with E-state index in [1.807, 2.05) is 0 Å². The van der Waals surface area contributed by atoms with E-state index in [4.69, 9.17) is 0 Å². The Bertz CT molecular complexity index is 228. The molecule has 0 saturated heterocycles. The number of aryl methyl sites for hydroxylation is 1. The summed E-state index contributed by atoms with van der Waals surface area (Å²) in [6.07, 6.45) is 3.62. The van der Waals surface area contributed by atoms with Crippen molar-refractivity contribution in [2.75, 3.05) is 5.75 Å². The van der Waals surface area contributed by atoms with Gasteiger partial charge in [0.15, 0.2) is 0 Å². The number of rotatable bonds is 5. The number of unbranched alkanes of at least 4 members (excludes halogenated alkanes) is 1. The molecule has 0 radical (unpaired) electrons. The molecule has 0 unspecified atom stereocenters. The SMILES string of the molecule is SCCCCc1ccc(CS)cc1. The van der Waals surface area contributed by atoms with Gasteiger partial charge in [-0.3, -0.25) is 0 Å². The first-order chi connectivity index (χ1) is 6.36. The predicted octanol–water partition coefficient (Wildman–Crippen LogP) is 3.37. The van der Waals surface area contributed by atoms with E-state index in [1.54, 1.807) is 0 Å². The van der Waals surface area contributed by atoms with Gasteiger partial charge in [0.2, 0.25) is 0 Å². The summed E-state index contributed by atoms with van der Waals surface area (Å²) in [5.41, 5.74) is 2.72. The summed E-state index contributed by atoms with van der Waals surface area (Å²) in [5, 5.41) is 0. The van der Waals surface area contributed by atoms with Gasteiger partial charge in [0, 0.05) is 5.75 Å². The van der Waals surface area contributed by atoms with E-state index < -0.39 is 0 Å². The molecular formula is C11H16S2. The molecule has 0 aliphatic heterocycles. The van der Waals surface area contributed by atoms with E-state index in [1.165, 1.54) is 30.4 Å². The van der Waals surface area contributed by atoms with Crippen LogP contribution in [0.15, 0.2) is 24.3 Å². The summed E-state index contributed by atoms with van der Waals surface area (Å²) in [5.74, 6) is 1.83. The highest BCUT2D eigenvalue weighted by molar-refractivity contribution is 7.80. The average Bonchev–Trinajstić information content (AvgIpc) is 2.19. The van der Waals surface area contributed by atoms with Gasteiger partial charge < -0.3 is 0 Å². The quantitative estimate of drug-likeness (QED) is 0.542. The molecule has 0 N–H and O–H groups in total. The van der Waals surface area contributed by atoms with Crippen molar-refractivity contribution >= 4 is 25.3 Å². The Labute approximate surface area is 91.6 Å². The number of hydrogen-bond acceptors (Lipinski definition) is 2. The second-order valence-electron chi connectivity index (χ2n) is 3.16. The molecule has 0 aromatic heterocycles. The maximum atomic E-state index is 4.22. The molecule has 2 heteroatoms. The molecule has 0 saturated carbocycles. The molecule has 13 heavy (non-hydrogen) atoms. The summed E-state index contributed by atoms with van der Waals surface area (Å²) >= 11 is 8.41. The Morgan fingerprint density at radius 3 is 2.00 bits per heavy atom. The molecule has 0 nitrogen and oxygen atoms in total. The van der Waals surface area contributed by atoms with Crippen LogP contribution in [0.5, 0.6) is 0 Å². The van der Waals surface area contributed by atoms with Gasteiger partial charge in [-0.05, 0) is 36.1 Å². The minimum Gasteiger partial charge on any atom is -0.179 e. The van der Waals surface area contributed by atoms with Gasteiger partial charge in [0.1, 0.15) is 0 Å². The lowest BCUT2D eigenvalue weighted by Crippen LogP contribution is -1.87. The molecule has 0 spiro atoms. The Kier molecular flexibility index (Phi) is 5.40. The van der Waals surface area contributed by atoms with E-state index in [0.717, 1.165) is 11.5 Å². The second-order valence-corrected chi connectivity index (χ2v) is 3.92. The van der Waals surface area contributed by atoms with Crippen molar-refractivity contribution in [2.45, 2.75) is 25.0 Å². The zero-order valence-corrected chi connectivity index (χ0v) is 9.53. The highest BCUT2D eigenvalue weighted by atomic mass is 32.1. The normalized spacial score (nSPS) is 10.3. The molecule has 0 aliphatic rings. The van der Waals surface area contributed by atoms with E-state index in [-0.39, 0.29) is 0 Å². The molecule has 0 bridgehead atoms. The molecule has 72 valence electrons. The molecule has 0 aliphatic carbocycles. The van der Waals surface area contributed by atoms with Crippen LogP contribution in [0, 0.1) is 0 Å². The molecule has 1 aromatic rings. The van der Waals surface area contributed by atoms with Crippen LogP contribution in [-0.2, 0) is 12.2 Å². The standard InChI is InChI=1S/C11H16S2/c12-8-2-1-3-10-4-6-11(9-13)7-5-10/h4-7,12-13H,1-3,8-9H2. The number of thiol groups is 2. The van der Waals surface area contributed by atoms with Gasteiger partial charge in [-0.15, -0.1) is 0 Å².